The van der Waals surface area contributed by atoms with Crippen molar-refractivity contribution in [3.05, 3.63) is 24.2 Å². The first-order valence-corrected chi connectivity index (χ1v) is 6.49. The average molecular weight is 268 g/mol. The lowest BCUT2D eigenvalue weighted by Gasteiger charge is -2.24. The molecular formula is C13H20N2O4. The van der Waals surface area contributed by atoms with Gasteiger partial charge in [0.25, 0.3) is 0 Å². The molecule has 1 aromatic heterocycles. The van der Waals surface area contributed by atoms with E-state index in [4.69, 9.17) is 13.9 Å². The Labute approximate surface area is 112 Å². The SMILES string of the molecule is CC(OCC1CNCCO1)C(=O)NCc1ccco1. The van der Waals surface area contributed by atoms with E-state index in [0.717, 1.165) is 18.8 Å². The Bertz CT molecular complexity index is 374. The summed E-state index contributed by atoms with van der Waals surface area (Å²) in [6, 6.07) is 3.60. The Morgan fingerprint density at radius 1 is 1.68 bits per heavy atom. The summed E-state index contributed by atoms with van der Waals surface area (Å²) in [5, 5.41) is 5.97. The molecule has 2 atom stereocenters. The van der Waals surface area contributed by atoms with Crippen molar-refractivity contribution in [3.63, 3.8) is 0 Å². The minimum atomic E-state index is -0.500. The largest absolute Gasteiger partial charge is 0.467 e. The molecule has 1 aliphatic rings. The standard InChI is InChI=1S/C13H20N2O4/c1-10(19-9-12-7-14-4-6-18-12)13(16)15-8-11-3-2-5-17-11/h2-3,5,10,12,14H,4,6-9H2,1H3,(H,15,16). The van der Waals surface area contributed by atoms with Gasteiger partial charge in [0, 0.05) is 13.1 Å². The van der Waals surface area contributed by atoms with Gasteiger partial charge in [-0.1, -0.05) is 0 Å². The lowest BCUT2D eigenvalue weighted by atomic mass is 10.3. The molecule has 1 aliphatic heterocycles. The summed E-state index contributed by atoms with van der Waals surface area (Å²) in [6.45, 7) is 4.85. The van der Waals surface area contributed by atoms with Crippen LogP contribution < -0.4 is 10.6 Å². The molecule has 19 heavy (non-hydrogen) atoms. The van der Waals surface area contributed by atoms with Crippen molar-refractivity contribution in [1.29, 1.82) is 0 Å². The van der Waals surface area contributed by atoms with Crippen LogP contribution in [-0.4, -0.2) is 44.4 Å². The minimum Gasteiger partial charge on any atom is -0.467 e. The molecule has 1 fully saturated rings. The molecule has 6 nitrogen and oxygen atoms in total. The number of amides is 1. The monoisotopic (exact) mass is 268 g/mol. The highest BCUT2D eigenvalue weighted by Gasteiger charge is 2.18. The Balaban J connectivity index is 1.64. The van der Waals surface area contributed by atoms with E-state index in [1.165, 1.54) is 0 Å². The lowest BCUT2D eigenvalue weighted by molar-refractivity contribution is -0.135. The molecule has 1 aromatic rings. The number of rotatable bonds is 6. The van der Waals surface area contributed by atoms with E-state index >= 15 is 0 Å². The second-order valence-electron chi connectivity index (χ2n) is 4.47. The van der Waals surface area contributed by atoms with Crippen LogP contribution in [0.2, 0.25) is 0 Å². The molecule has 2 heterocycles. The lowest BCUT2D eigenvalue weighted by Crippen LogP contribution is -2.43. The molecule has 0 bridgehead atoms. The predicted molar refractivity (Wildman–Crippen MR) is 68.6 cm³/mol. The van der Waals surface area contributed by atoms with Gasteiger partial charge in [0.05, 0.1) is 32.1 Å². The molecule has 2 N–H and O–H groups in total. The summed E-state index contributed by atoms with van der Waals surface area (Å²) in [4.78, 5) is 11.8. The molecule has 2 rings (SSSR count). The van der Waals surface area contributed by atoms with Crippen molar-refractivity contribution in [2.45, 2.75) is 25.7 Å². The van der Waals surface area contributed by atoms with Crippen LogP contribution in [0, 0.1) is 0 Å². The number of hydrogen-bond acceptors (Lipinski definition) is 5. The fraction of sp³-hybridized carbons (Fsp3) is 0.615. The van der Waals surface area contributed by atoms with Gasteiger partial charge in [-0.25, -0.2) is 0 Å². The Hall–Kier alpha value is -1.37. The molecular weight excluding hydrogens is 248 g/mol. The van der Waals surface area contributed by atoms with Crippen molar-refractivity contribution in [3.8, 4) is 0 Å². The van der Waals surface area contributed by atoms with Gasteiger partial charge in [-0.2, -0.15) is 0 Å². The third-order valence-corrected chi connectivity index (χ3v) is 2.92. The van der Waals surface area contributed by atoms with Crippen molar-refractivity contribution in [2.24, 2.45) is 0 Å². The van der Waals surface area contributed by atoms with Crippen LogP contribution in [0.4, 0.5) is 0 Å². The fourth-order valence-electron chi connectivity index (χ4n) is 1.79. The van der Waals surface area contributed by atoms with Crippen LogP contribution in [0.25, 0.3) is 0 Å². The maximum Gasteiger partial charge on any atom is 0.249 e. The maximum absolute atomic E-state index is 11.8. The first-order valence-electron chi connectivity index (χ1n) is 6.49. The molecule has 106 valence electrons. The van der Waals surface area contributed by atoms with Crippen LogP contribution in [-0.2, 0) is 20.8 Å². The first kappa shape index (κ1) is 14.0. The molecule has 2 unspecified atom stereocenters. The zero-order valence-corrected chi connectivity index (χ0v) is 11.1. The smallest absolute Gasteiger partial charge is 0.249 e. The van der Waals surface area contributed by atoms with Gasteiger partial charge in [-0.3, -0.25) is 4.79 Å². The van der Waals surface area contributed by atoms with Crippen molar-refractivity contribution in [1.82, 2.24) is 10.6 Å². The number of carbonyl (C=O) groups is 1. The van der Waals surface area contributed by atoms with E-state index in [-0.39, 0.29) is 12.0 Å². The zero-order valence-electron chi connectivity index (χ0n) is 11.1. The van der Waals surface area contributed by atoms with Gasteiger partial charge in [-0.15, -0.1) is 0 Å². The quantitative estimate of drug-likeness (QED) is 0.776. The number of furan rings is 1. The van der Waals surface area contributed by atoms with Crippen LogP contribution in [0.1, 0.15) is 12.7 Å². The number of morpholine rings is 1. The second kappa shape index (κ2) is 7.28. The van der Waals surface area contributed by atoms with Crippen LogP contribution in [0.15, 0.2) is 22.8 Å². The maximum atomic E-state index is 11.8. The Kier molecular flexibility index (Phi) is 5.38. The first-order chi connectivity index (χ1) is 9.25. The van der Waals surface area contributed by atoms with Gasteiger partial charge in [0.1, 0.15) is 11.9 Å². The van der Waals surface area contributed by atoms with E-state index < -0.39 is 6.10 Å². The average Bonchev–Trinajstić information content (AvgIpc) is 2.96. The van der Waals surface area contributed by atoms with E-state index in [1.807, 2.05) is 6.07 Å². The Morgan fingerprint density at radius 3 is 3.26 bits per heavy atom. The topological polar surface area (TPSA) is 72.7 Å². The van der Waals surface area contributed by atoms with Crippen molar-refractivity contribution in [2.75, 3.05) is 26.3 Å². The molecule has 0 aromatic carbocycles. The number of nitrogens with one attached hydrogen (secondary N) is 2. The highest BCUT2D eigenvalue weighted by atomic mass is 16.5. The number of hydrogen-bond donors (Lipinski definition) is 2. The summed E-state index contributed by atoms with van der Waals surface area (Å²) >= 11 is 0. The highest BCUT2D eigenvalue weighted by molar-refractivity contribution is 5.80. The molecule has 0 aliphatic carbocycles. The third kappa shape index (κ3) is 4.66. The van der Waals surface area contributed by atoms with Gasteiger partial charge >= 0.3 is 0 Å². The number of ether oxygens (including phenoxy) is 2. The van der Waals surface area contributed by atoms with Gasteiger partial charge < -0.3 is 24.5 Å². The molecule has 0 radical (unpaired) electrons. The minimum absolute atomic E-state index is 0.0223. The summed E-state index contributed by atoms with van der Waals surface area (Å²) in [5.74, 6) is 0.570. The molecule has 0 saturated carbocycles. The van der Waals surface area contributed by atoms with Crippen LogP contribution in [0.3, 0.4) is 0 Å². The molecule has 6 heteroatoms. The van der Waals surface area contributed by atoms with Crippen molar-refractivity contribution < 1.29 is 18.7 Å². The summed E-state index contributed by atoms with van der Waals surface area (Å²) in [5.41, 5.74) is 0. The fourth-order valence-corrected chi connectivity index (χ4v) is 1.79. The molecule has 1 saturated heterocycles. The molecule has 0 spiro atoms. The Morgan fingerprint density at radius 2 is 2.58 bits per heavy atom. The summed E-state index contributed by atoms with van der Waals surface area (Å²) in [6.07, 6.45) is 1.10. The van der Waals surface area contributed by atoms with Gasteiger partial charge in [0.2, 0.25) is 5.91 Å². The summed E-state index contributed by atoms with van der Waals surface area (Å²) in [7, 11) is 0. The van der Waals surface area contributed by atoms with E-state index in [2.05, 4.69) is 10.6 Å². The molecule has 1 amide bonds. The normalized spacial score (nSPS) is 21.0. The van der Waals surface area contributed by atoms with Gasteiger partial charge in [0.15, 0.2) is 0 Å². The second-order valence-corrected chi connectivity index (χ2v) is 4.47. The number of carbonyl (C=O) groups excluding carboxylic acids is 1. The third-order valence-electron chi connectivity index (χ3n) is 2.92. The van der Waals surface area contributed by atoms with E-state index in [0.29, 0.717) is 19.8 Å². The summed E-state index contributed by atoms with van der Waals surface area (Å²) < 4.78 is 16.1. The highest BCUT2D eigenvalue weighted by Crippen LogP contribution is 2.02. The van der Waals surface area contributed by atoms with E-state index in [9.17, 15) is 4.79 Å². The van der Waals surface area contributed by atoms with Crippen LogP contribution in [0.5, 0.6) is 0 Å². The van der Waals surface area contributed by atoms with E-state index in [1.54, 1.807) is 19.3 Å². The zero-order chi connectivity index (χ0) is 13.5. The van der Waals surface area contributed by atoms with Crippen molar-refractivity contribution >= 4 is 5.91 Å². The van der Waals surface area contributed by atoms with Crippen LogP contribution >= 0.6 is 0 Å². The predicted octanol–water partition coefficient (Wildman–Crippen LogP) is 0.289. The van der Waals surface area contributed by atoms with Gasteiger partial charge in [-0.05, 0) is 19.1 Å².